The van der Waals surface area contributed by atoms with Gasteiger partial charge in [-0.05, 0) is 18.2 Å². The molecular formula is C10H12ClN3O2. The third kappa shape index (κ3) is 2.05. The Morgan fingerprint density at radius 2 is 2.31 bits per heavy atom. The first kappa shape index (κ1) is 11.0. The van der Waals surface area contributed by atoms with Crippen molar-refractivity contribution in [3.8, 4) is 0 Å². The van der Waals surface area contributed by atoms with Crippen molar-refractivity contribution in [1.29, 1.82) is 0 Å². The number of hydrogen-bond donors (Lipinski definition) is 2. The van der Waals surface area contributed by atoms with Crippen molar-refractivity contribution >= 4 is 28.8 Å². The first-order valence-corrected chi connectivity index (χ1v) is 5.21. The molecule has 86 valence electrons. The molecule has 0 spiro atoms. The summed E-state index contributed by atoms with van der Waals surface area (Å²) in [5.74, 6) is 0.443. The van der Waals surface area contributed by atoms with E-state index in [1.165, 1.54) is 0 Å². The van der Waals surface area contributed by atoms with Crippen molar-refractivity contribution in [3.63, 3.8) is 0 Å². The molecule has 16 heavy (non-hydrogen) atoms. The maximum absolute atomic E-state index is 8.87. The van der Waals surface area contributed by atoms with Crippen LogP contribution in [0, 0.1) is 0 Å². The lowest BCUT2D eigenvalue weighted by molar-refractivity contribution is 0.161. The zero-order valence-electron chi connectivity index (χ0n) is 8.56. The Kier molecular flexibility index (Phi) is 3.17. The number of halogens is 1. The number of amidine groups is 1. The second-order valence-corrected chi connectivity index (χ2v) is 3.84. The number of benzene rings is 1. The van der Waals surface area contributed by atoms with Gasteiger partial charge in [-0.3, -0.25) is 0 Å². The largest absolute Gasteiger partial charge is 0.409 e. The van der Waals surface area contributed by atoms with Gasteiger partial charge in [0.05, 0.1) is 17.3 Å². The summed E-state index contributed by atoms with van der Waals surface area (Å²) in [6.45, 7) is 1.44. The van der Waals surface area contributed by atoms with Crippen LogP contribution in [0.1, 0.15) is 0 Å². The van der Waals surface area contributed by atoms with E-state index >= 15 is 0 Å². The summed E-state index contributed by atoms with van der Waals surface area (Å²) in [4.78, 5) is 1.81. The Labute approximate surface area is 98.0 Å². The standard InChI is InChI=1S/C10H12ClN3O2/c11-8-5-7(12)1-2-9(8)14-3-4-16-6-10(14)13-15/h1-2,5,15H,3-4,6,12H2. The van der Waals surface area contributed by atoms with Gasteiger partial charge in [0.1, 0.15) is 6.61 Å². The van der Waals surface area contributed by atoms with Crippen molar-refractivity contribution in [2.45, 2.75) is 0 Å². The van der Waals surface area contributed by atoms with Gasteiger partial charge < -0.3 is 20.6 Å². The molecule has 1 aliphatic heterocycles. The molecule has 1 saturated heterocycles. The Morgan fingerprint density at radius 3 is 3.00 bits per heavy atom. The Balaban J connectivity index is 2.34. The van der Waals surface area contributed by atoms with Crippen molar-refractivity contribution in [1.82, 2.24) is 0 Å². The number of rotatable bonds is 1. The van der Waals surface area contributed by atoms with Crippen LogP contribution in [-0.4, -0.2) is 30.8 Å². The quantitative estimate of drug-likeness (QED) is 0.445. The van der Waals surface area contributed by atoms with Gasteiger partial charge in [0.25, 0.3) is 0 Å². The van der Waals surface area contributed by atoms with Crippen molar-refractivity contribution in [2.75, 3.05) is 30.4 Å². The van der Waals surface area contributed by atoms with E-state index in [-0.39, 0.29) is 6.61 Å². The Hall–Kier alpha value is -1.46. The number of oxime groups is 1. The minimum absolute atomic E-state index is 0.275. The minimum Gasteiger partial charge on any atom is -0.409 e. The molecule has 6 heteroatoms. The van der Waals surface area contributed by atoms with E-state index in [4.69, 9.17) is 27.3 Å². The van der Waals surface area contributed by atoms with Crippen LogP contribution in [0.2, 0.25) is 5.02 Å². The smallest absolute Gasteiger partial charge is 0.174 e. The average molecular weight is 242 g/mol. The fraction of sp³-hybridized carbons (Fsp3) is 0.300. The van der Waals surface area contributed by atoms with Gasteiger partial charge >= 0.3 is 0 Å². The molecule has 1 fully saturated rings. The van der Waals surface area contributed by atoms with Crippen LogP contribution in [0.3, 0.4) is 0 Å². The highest BCUT2D eigenvalue weighted by Gasteiger charge is 2.21. The summed E-state index contributed by atoms with van der Waals surface area (Å²) in [7, 11) is 0. The Morgan fingerprint density at radius 1 is 1.50 bits per heavy atom. The van der Waals surface area contributed by atoms with Crippen LogP contribution in [0.4, 0.5) is 11.4 Å². The normalized spacial score (nSPS) is 19.1. The molecule has 0 radical (unpaired) electrons. The predicted molar refractivity (Wildman–Crippen MR) is 63.3 cm³/mol. The molecule has 0 saturated carbocycles. The zero-order chi connectivity index (χ0) is 11.5. The van der Waals surface area contributed by atoms with Crippen LogP contribution in [0.25, 0.3) is 0 Å². The second-order valence-electron chi connectivity index (χ2n) is 3.43. The predicted octanol–water partition coefficient (Wildman–Crippen LogP) is 1.55. The SMILES string of the molecule is Nc1ccc(N2CCOCC2=NO)c(Cl)c1. The van der Waals surface area contributed by atoms with Gasteiger partial charge in [-0.15, -0.1) is 0 Å². The number of nitrogen functional groups attached to an aromatic ring is 1. The summed E-state index contributed by atoms with van der Waals surface area (Å²) in [6, 6.07) is 5.22. The van der Waals surface area contributed by atoms with Gasteiger partial charge in [-0.25, -0.2) is 0 Å². The number of morpholine rings is 1. The van der Waals surface area contributed by atoms with Crippen LogP contribution >= 0.6 is 11.6 Å². The van der Waals surface area contributed by atoms with Crippen LogP contribution in [-0.2, 0) is 4.74 Å². The molecule has 1 aromatic carbocycles. The average Bonchev–Trinajstić information content (AvgIpc) is 2.29. The topological polar surface area (TPSA) is 71.1 Å². The molecule has 1 aliphatic rings. The van der Waals surface area contributed by atoms with Gasteiger partial charge in [0, 0.05) is 12.2 Å². The highest BCUT2D eigenvalue weighted by Crippen LogP contribution is 2.28. The molecule has 0 aliphatic carbocycles. The number of anilines is 2. The third-order valence-electron chi connectivity index (χ3n) is 2.38. The summed E-state index contributed by atoms with van der Waals surface area (Å²) >= 11 is 6.09. The summed E-state index contributed by atoms with van der Waals surface area (Å²) in [5.41, 5.74) is 6.99. The van der Waals surface area contributed by atoms with Crippen LogP contribution < -0.4 is 10.6 Å². The van der Waals surface area contributed by atoms with E-state index < -0.39 is 0 Å². The maximum atomic E-state index is 8.87. The van der Waals surface area contributed by atoms with Crippen molar-refractivity contribution in [2.24, 2.45) is 5.16 Å². The molecule has 1 heterocycles. The fourth-order valence-corrected chi connectivity index (χ4v) is 1.90. The molecule has 0 bridgehead atoms. The van der Waals surface area contributed by atoms with E-state index in [1.807, 2.05) is 4.90 Å². The molecule has 5 nitrogen and oxygen atoms in total. The molecule has 0 atom stereocenters. The highest BCUT2D eigenvalue weighted by molar-refractivity contribution is 6.34. The minimum atomic E-state index is 0.275. The number of ether oxygens (including phenoxy) is 1. The molecule has 3 N–H and O–H groups in total. The van der Waals surface area contributed by atoms with Crippen LogP contribution in [0.15, 0.2) is 23.4 Å². The van der Waals surface area contributed by atoms with Crippen molar-refractivity contribution < 1.29 is 9.94 Å². The molecule has 0 unspecified atom stereocenters. The van der Waals surface area contributed by atoms with Gasteiger partial charge in [-0.1, -0.05) is 16.8 Å². The Bertz CT molecular complexity index is 423. The second kappa shape index (κ2) is 4.59. The number of nitrogens with two attached hydrogens (primary N) is 1. The summed E-state index contributed by atoms with van der Waals surface area (Å²) in [5, 5.41) is 12.6. The van der Waals surface area contributed by atoms with Gasteiger partial charge in [0.2, 0.25) is 0 Å². The van der Waals surface area contributed by atoms with Crippen molar-refractivity contribution in [3.05, 3.63) is 23.2 Å². The van der Waals surface area contributed by atoms with E-state index in [0.717, 1.165) is 5.69 Å². The highest BCUT2D eigenvalue weighted by atomic mass is 35.5. The molecule has 0 amide bonds. The summed E-state index contributed by atoms with van der Waals surface area (Å²) < 4.78 is 5.19. The fourth-order valence-electron chi connectivity index (χ4n) is 1.61. The molecule has 2 rings (SSSR count). The van der Waals surface area contributed by atoms with E-state index in [0.29, 0.717) is 29.7 Å². The summed E-state index contributed by atoms with van der Waals surface area (Å²) in [6.07, 6.45) is 0. The third-order valence-corrected chi connectivity index (χ3v) is 2.68. The zero-order valence-corrected chi connectivity index (χ0v) is 9.31. The van der Waals surface area contributed by atoms with Crippen LogP contribution in [0.5, 0.6) is 0 Å². The molecule has 0 aromatic heterocycles. The van der Waals surface area contributed by atoms with Gasteiger partial charge in [0.15, 0.2) is 5.84 Å². The maximum Gasteiger partial charge on any atom is 0.174 e. The van der Waals surface area contributed by atoms with E-state index in [1.54, 1.807) is 18.2 Å². The monoisotopic (exact) mass is 241 g/mol. The first-order valence-electron chi connectivity index (χ1n) is 4.83. The first-order chi connectivity index (χ1) is 7.72. The lowest BCUT2D eigenvalue weighted by Gasteiger charge is -2.29. The number of nitrogens with zero attached hydrogens (tertiary/aromatic N) is 2. The molecular weight excluding hydrogens is 230 g/mol. The lowest BCUT2D eigenvalue weighted by atomic mass is 10.2. The number of hydrogen-bond acceptors (Lipinski definition) is 4. The lowest BCUT2D eigenvalue weighted by Crippen LogP contribution is -2.42. The van der Waals surface area contributed by atoms with E-state index in [2.05, 4.69) is 5.16 Å². The van der Waals surface area contributed by atoms with E-state index in [9.17, 15) is 0 Å². The molecule has 1 aromatic rings. The van der Waals surface area contributed by atoms with Gasteiger partial charge in [-0.2, -0.15) is 0 Å².